The Morgan fingerprint density at radius 3 is 2.24 bits per heavy atom. The van der Waals surface area contributed by atoms with Gasteiger partial charge < -0.3 is 24.8 Å². The molecule has 8 nitrogen and oxygen atoms in total. The number of rotatable bonds is 12. The van der Waals surface area contributed by atoms with Crippen molar-refractivity contribution in [3.8, 4) is 22.8 Å². The van der Waals surface area contributed by atoms with Gasteiger partial charge in [-0.3, -0.25) is 9.59 Å². The molecule has 3 aromatic carbocycles. The van der Waals surface area contributed by atoms with Gasteiger partial charge in [-0.05, 0) is 47.5 Å². The Balaban J connectivity index is 1.54. The number of benzene rings is 3. The number of amides is 1. The predicted octanol–water partition coefficient (Wildman–Crippen LogP) is 6.13. The Kier molecular flexibility index (Phi) is 9.45. The van der Waals surface area contributed by atoms with Crippen LogP contribution in [0.2, 0.25) is 0 Å². The number of aliphatic carboxylic acids is 1. The zero-order valence-electron chi connectivity index (χ0n) is 21.9. The highest BCUT2D eigenvalue weighted by Crippen LogP contribution is 2.31. The fourth-order valence-electron chi connectivity index (χ4n) is 3.90. The molecule has 1 aromatic heterocycles. The van der Waals surface area contributed by atoms with E-state index in [1.807, 2.05) is 34.5 Å². The van der Waals surface area contributed by atoms with Gasteiger partial charge in [0.1, 0.15) is 11.5 Å². The number of carboxylic acids is 1. The number of carbonyl (C=O) groups is 2. The molecule has 0 aliphatic heterocycles. The summed E-state index contributed by atoms with van der Waals surface area (Å²) in [5.41, 5.74) is 3.62. The van der Waals surface area contributed by atoms with E-state index in [-0.39, 0.29) is 24.6 Å². The summed E-state index contributed by atoms with van der Waals surface area (Å²) in [4.78, 5) is 29.8. The first-order valence-electron chi connectivity index (χ1n) is 12.4. The van der Waals surface area contributed by atoms with E-state index in [0.29, 0.717) is 29.5 Å². The highest BCUT2D eigenvalue weighted by atomic mass is 32.1. The fourth-order valence-corrected chi connectivity index (χ4v) is 4.73. The van der Waals surface area contributed by atoms with Crippen LogP contribution in [0.25, 0.3) is 11.3 Å². The Bertz CT molecular complexity index is 1470. The monoisotopic (exact) mass is 585 g/mol. The van der Waals surface area contributed by atoms with Crippen LogP contribution < -0.4 is 19.7 Å². The number of ether oxygens (including phenoxy) is 2. The van der Waals surface area contributed by atoms with E-state index in [4.69, 9.17) is 14.8 Å². The van der Waals surface area contributed by atoms with E-state index in [0.717, 1.165) is 22.4 Å². The summed E-state index contributed by atoms with van der Waals surface area (Å²) >= 11 is 1.42. The molecular weight excluding hydrogens is 559 g/mol. The topological polar surface area (TPSA) is 101 Å². The van der Waals surface area contributed by atoms with Gasteiger partial charge in [-0.1, -0.05) is 36.4 Å². The van der Waals surface area contributed by atoms with Crippen molar-refractivity contribution in [3.05, 3.63) is 94.9 Å². The Labute approximate surface area is 238 Å². The molecule has 0 saturated carbocycles. The average molecular weight is 586 g/mol. The number of nitrogens with zero attached hydrogens (tertiary/aromatic N) is 2. The lowest BCUT2D eigenvalue weighted by atomic mass is 10.1. The first-order chi connectivity index (χ1) is 19.6. The third-order valence-electron chi connectivity index (χ3n) is 5.87. The molecule has 0 unspecified atom stereocenters. The summed E-state index contributed by atoms with van der Waals surface area (Å²) in [5, 5.41) is 13.9. The number of halogens is 3. The molecule has 0 bridgehead atoms. The third kappa shape index (κ3) is 8.70. The van der Waals surface area contributed by atoms with Crippen LogP contribution in [0.5, 0.6) is 11.5 Å². The molecule has 1 heterocycles. The zero-order valence-corrected chi connectivity index (χ0v) is 22.7. The quantitative estimate of drug-likeness (QED) is 0.206. The standard InChI is InChI=1S/C29H26F3N3O5S/c1-39-24-4-2-3-22(15-24)25-18-41-28(34-25)35(17-20-7-11-23(12-8-20)40-29(30,31)32)16-19-5-9-21(10-6-19)27(38)33-14-13-26(36)37/h2-12,15,18H,13-14,16-17H2,1H3,(H,33,38)(H,36,37). The lowest BCUT2D eigenvalue weighted by molar-refractivity contribution is -0.274. The van der Waals surface area contributed by atoms with Crippen LogP contribution in [0.1, 0.15) is 27.9 Å². The number of hydrogen-bond donors (Lipinski definition) is 2. The van der Waals surface area contributed by atoms with Gasteiger partial charge >= 0.3 is 12.3 Å². The van der Waals surface area contributed by atoms with Crippen LogP contribution in [-0.2, 0) is 17.9 Å². The smallest absolute Gasteiger partial charge is 0.497 e. The molecule has 1 amide bonds. The highest BCUT2D eigenvalue weighted by molar-refractivity contribution is 7.14. The molecular formula is C29H26F3N3O5S. The van der Waals surface area contributed by atoms with Crippen molar-refractivity contribution in [1.82, 2.24) is 10.3 Å². The molecule has 4 rings (SSSR count). The number of thiazole rings is 1. The van der Waals surface area contributed by atoms with Crippen LogP contribution in [0.4, 0.5) is 18.3 Å². The van der Waals surface area contributed by atoms with Crippen LogP contribution in [0.15, 0.2) is 78.2 Å². The Morgan fingerprint density at radius 1 is 0.976 bits per heavy atom. The molecule has 0 aliphatic rings. The van der Waals surface area contributed by atoms with Crippen LogP contribution >= 0.6 is 11.3 Å². The Hall–Kier alpha value is -4.58. The summed E-state index contributed by atoms with van der Waals surface area (Å²) < 4.78 is 47.1. The van der Waals surface area contributed by atoms with Gasteiger partial charge in [-0.25, -0.2) is 4.98 Å². The van der Waals surface area contributed by atoms with Gasteiger partial charge in [0, 0.05) is 36.1 Å². The zero-order chi connectivity index (χ0) is 29.4. The number of nitrogens with one attached hydrogen (secondary N) is 1. The van der Waals surface area contributed by atoms with Crippen LogP contribution in [0, 0.1) is 0 Å². The second-order valence-corrected chi connectivity index (χ2v) is 9.73. The van der Waals surface area contributed by atoms with Gasteiger partial charge in [0.05, 0.1) is 19.2 Å². The molecule has 0 saturated heterocycles. The predicted molar refractivity (Wildman–Crippen MR) is 148 cm³/mol. The number of alkyl halides is 3. The molecule has 0 atom stereocenters. The van der Waals surface area contributed by atoms with Gasteiger partial charge in [0.25, 0.3) is 5.91 Å². The van der Waals surface area contributed by atoms with Gasteiger partial charge in [-0.2, -0.15) is 0 Å². The molecule has 4 aromatic rings. The number of anilines is 1. The molecule has 0 aliphatic carbocycles. The lowest BCUT2D eigenvalue weighted by Gasteiger charge is -2.22. The number of carboxylic acid groups (broad SMARTS) is 1. The van der Waals surface area contributed by atoms with E-state index in [9.17, 15) is 22.8 Å². The summed E-state index contributed by atoms with van der Waals surface area (Å²) in [6.07, 6.45) is -4.95. The maximum absolute atomic E-state index is 12.6. The largest absolute Gasteiger partial charge is 0.573 e. The second kappa shape index (κ2) is 13.2. The molecule has 12 heteroatoms. The van der Waals surface area contributed by atoms with Crippen molar-refractivity contribution < 1.29 is 37.3 Å². The van der Waals surface area contributed by atoms with E-state index >= 15 is 0 Å². The van der Waals surface area contributed by atoms with E-state index in [1.54, 1.807) is 43.5 Å². The number of aromatic nitrogens is 1. The van der Waals surface area contributed by atoms with Gasteiger partial charge in [-0.15, -0.1) is 24.5 Å². The van der Waals surface area contributed by atoms with Crippen molar-refractivity contribution in [3.63, 3.8) is 0 Å². The minimum Gasteiger partial charge on any atom is -0.497 e. The lowest BCUT2D eigenvalue weighted by Crippen LogP contribution is -2.26. The first-order valence-corrected chi connectivity index (χ1v) is 13.3. The van der Waals surface area contributed by atoms with Crippen LogP contribution in [-0.4, -0.2) is 42.0 Å². The molecule has 41 heavy (non-hydrogen) atoms. The minimum atomic E-state index is -4.77. The first kappa shape index (κ1) is 29.4. The van der Waals surface area contributed by atoms with E-state index in [1.165, 1.54) is 23.5 Å². The fraction of sp³-hybridized carbons (Fsp3) is 0.207. The number of methoxy groups -OCH3 is 1. The van der Waals surface area contributed by atoms with Gasteiger partial charge in [0.15, 0.2) is 5.13 Å². The molecule has 0 radical (unpaired) electrons. The number of hydrogen-bond acceptors (Lipinski definition) is 7. The van der Waals surface area contributed by atoms with Crippen molar-refractivity contribution in [2.75, 3.05) is 18.6 Å². The van der Waals surface area contributed by atoms with E-state index in [2.05, 4.69) is 10.1 Å². The summed E-state index contributed by atoms with van der Waals surface area (Å²) in [7, 11) is 1.59. The minimum absolute atomic E-state index is 0.0240. The molecule has 2 N–H and O–H groups in total. The highest BCUT2D eigenvalue weighted by Gasteiger charge is 2.31. The maximum atomic E-state index is 12.6. The summed E-state index contributed by atoms with van der Waals surface area (Å²) in [6, 6.07) is 20.0. The average Bonchev–Trinajstić information content (AvgIpc) is 3.44. The molecule has 214 valence electrons. The maximum Gasteiger partial charge on any atom is 0.573 e. The van der Waals surface area contributed by atoms with Gasteiger partial charge in [0.2, 0.25) is 0 Å². The second-order valence-electron chi connectivity index (χ2n) is 8.89. The summed E-state index contributed by atoms with van der Waals surface area (Å²) in [5.74, 6) is -0.986. The van der Waals surface area contributed by atoms with Crippen molar-refractivity contribution in [2.24, 2.45) is 0 Å². The van der Waals surface area contributed by atoms with E-state index < -0.39 is 12.3 Å². The number of carbonyl (C=O) groups excluding carboxylic acids is 1. The Morgan fingerprint density at radius 2 is 1.63 bits per heavy atom. The third-order valence-corrected chi connectivity index (χ3v) is 6.77. The normalized spacial score (nSPS) is 11.1. The molecule has 0 spiro atoms. The van der Waals surface area contributed by atoms with Crippen molar-refractivity contribution in [1.29, 1.82) is 0 Å². The van der Waals surface area contributed by atoms with Crippen molar-refractivity contribution >= 4 is 28.3 Å². The van der Waals surface area contributed by atoms with Crippen LogP contribution in [0.3, 0.4) is 0 Å². The molecule has 0 fully saturated rings. The van der Waals surface area contributed by atoms with Crippen molar-refractivity contribution in [2.45, 2.75) is 25.9 Å². The summed E-state index contributed by atoms with van der Waals surface area (Å²) in [6.45, 7) is 0.762. The SMILES string of the molecule is COc1cccc(-c2csc(N(Cc3ccc(OC(F)(F)F)cc3)Cc3ccc(C(=O)NCCC(=O)O)cc3)n2)c1.